The van der Waals surface area contributed by atoms with Crippen LogP contribution in [0.2, 0.25) is 0 Å². The van der Waals surface area contributed by atoms with Crippen molar-refractivity contribution in [1.82, 2.24) is 10.6 Å². The van der Waals surface area contributed by atoms with E-state index < -0.39 is 29.8 Å². The van der Waals surface area contributed by atoms with Gasteiger partial charge in [-0.25, -0.2) is 0 Å². The summed E-state index contributed by atoms with van der Waals surface area (Å²) in [5.41, 5.74) is 6.74. The Labute approximate surface area is 206 Å². The van der Waals surface area contributed by atoms with E-state index in [1.54, 1.807) is 0 Å². The van der Waals surface area contributed by atoms with Gasteiger partial charge in [-0.15, -0.1) is 0 Å². The summed E-state index contributed by atoms with van der Waals surface area (Å²) in [6.07, 6.45) is 0. The number of carboxylic acid groups (broad SMARTS) is 5. The molecule has 0 radical (unpaired) electrons. The first kappa shape index (κ1) is 41.7. The number of nitrogens with two attached hydrogens (primary N) is 1. The molecule has 13 nitrogen and oxygen atoms in total. The van der Waals surface area contributed by atoms with Gasteiger partial charge >= 0.3 is 0 Å². The van der Waals surface area contributed by atoms with E-state index in [1.165, 1.54) is 5.56 Å². The van der Waals surface area contributed by atoms with Crippen LogP contribution in [0.3, 0.4) is 0 Å². The fourth-order valence-electron chi connectivity index (χ4n) is 1.43. The molecule has 0 aliphatic heterocycles. The highest BCUT2D eigenvalue weighted by molar-refractivity contribution is 5.63. The summed E-state index contributed by atoms with van der Waals surface area (Å²) in [4.78, 5) is 45.0. The predicted octanol–water partition coefficient (Wildman–Crippen LogP) is 1.17. The standard InChI is InChI=1S/C12H21N3.5C2H4O2/c1-11(15-8-7-13)9-14-10-12-5-3-2-4-6-12;5*1-2(3)4/h2-6,11,14-15H,7-10,13H2,1H3;5*1H3,(H,3,4). The van der Waals surface area contributed by atoms with Gasteiger partial charge in [0.2, 0.25) is 0 Å². The molecule has 1 aromatic rings. The van der Waals surface area contributed by atoms with Gasteiger partial charge in [0.15, 0.2) is 0 Å². The molecule has 1 aromatic carbocycles. The summed E-state index contributed by atoms with van der Waals surface area (Å²) in [6.45, 7) is 11.1. The van der Waals surface area contributed by atoms with Gasteiger partial charge in [0.1, 0.15) is 0 Å². The number of carbonyl (C=O) groups is 5. The van der Waals surface area contributed by atoms with Crippen molar-refractivity contribution in [3.63, 3.8) is 0 Å². The largest absolute Gasteiger partial charge is 0.481 e. The molecule has 0 amide bonds. The average molecular weight is 508 g/mol. The normalized spacial score (nSPS) is 9.00. The van der Waals surface area contributed by atoms with Crippen molar-refractivity contribution in [2.75, 3.05) is 19.6 Å². The van der Waals surface area contributed by atoms with E-state index in [9.17, 15) is 0 Å². The Morgan fingerprint density at radius 3 is 1.34 bits per heavy atom. The third-order valence-corrected chi connectivity index (χ3v) is 2.26. The van der Waals surface area contributed by atoms with E-state index in [0.29, 0.717) is 12.6 Å². The Kier molecular flexibility index (Phi) is 38.9. The zero-order valence-corrected chi connectivity index (χ0v) is 21.1. The number of hydrogen-bond donors (Lipinski definition) is 8. The number of rotatable bonds is 7. The maximum Gasteiger partial charge on any atom is 0.300 e. The second-order valence-electron chi connectivity index (χ2n) is 6.36. The van der Waals surface area contributed by atoms with Crippen molar-refractivity contribution >= 4 is 29.8 Å². The quantitative estimate of drug-likeness (QED) is 0.259. The molecule has 0 saturated heterocycles. The fourth-order valence-corrected chi connectivity index (χ4v) is 1.43. The molecule has 13 heteroatoms. The number of benzene rings is 1. The van der Waals surface area contributed by atoms with E-state index in [0.717, 1.165) is 54.3 Å². The molecule has 204 valence electrons. The second kappa shape index (κ2) is 32.6. The lowest BCUT2D eigenvalue weighted by molar-refractivity contribution is -0.135. The van der Waals surface area contributed by atoms with Crippen molar-refractivity contribution in [1.29, 1.82) is 0 Å². The van der Waals surface area contributed by atoms with E-state index in [2.05, 4.69) is 41.8 Å². The molecule has 0 aliphatic rings. The Morgan fingerprint density at radius 1 is 0.743 bits per heavy atom. The third-order valence-electron chi connectivity index (χ3n) is 2.26. The minimum Gasteiger partial charge on any atom is -0.481 e. The molecule has 0 aromatic heterocycles. The molecular weight excluding hydrogens is 466 g/mol. The van der Waals surface area contributed by atoms with Gasteiger partial charge in [0.25, 0.3) is 29.8 Å². The molecule has 0 aliphatic carbocycles. The van der Waals surface area contributed by atoms with Crippen LogP contribution in [0.1, 0.15) is 47.1 Å². The molecule has 0 heterocycles. The van der Waals surface area contributed by atoms with Crippen molar-refractivity contribution < 1.29 is 49.5 Å². The molecule has 1 rings (SSSR count). The van der Waals surface area contributed by atoms with Crippen LogP contribution in [-0.4, -0.2) is 81.1 Å². The van der Waals surface area contributed by atoms with E-state index in [4.69, 9.17) is 55.2 Å². The van der Waals surface area contributed by atoms with Gasteiger partial charge < -0.3 is 41.9 Å². The van der Waals surface area contributed by atoms with E-state index in [-0.39, 0.29) is 0 Å². The molecule has 0 bridgehead atoms. The zero-order chi connectivity index (χ0) is 28.8. The second-order valence-corrected chi connectivity index (χ2v) is 6.36. The predicted molar refractivity (Wildman–Crippen MR) is 131 cm³/mol. The Bertz CT molecular complexity index is 581. The van der Waals surface area contributed by atoms with Crippen LogP contribution in [0.15, 0.2) is 30.3 Å². The molecule has 9 N–H and O–H groups in total. The van der Waals surface area contributed by atoms with Gasteiger partial charge in [-0.1, -0.05) is 30.3 Å². The van der Waals surface area contributed by atoms with Crippen molar-refractivity contribution in [2.24, 2.45) is 5.73 Å². The van der Waals surface area contributed by atoms with Crippen LogP contribution in [0.25, 0.3) is 0 Å². The summed E-state index contributed by atoms with van der Waals surface area (Å²) in [7, 11) is 0. The molecule has 1 atom stereocenters. The van der Waals surface area contributed by atoms with Gasteiger partial charge in [-0.2, -0.15) is 0 Å². The Hall–Kier alpha value is -3.55. The van der Waals surface area contributed by atoms with Gasteiger partial charge in [-0.05, 0) is 12.5 Å². The highest BCUT2D eigenvalue weighted by atomic mass is 16.4. The van der Waals surface area contributed by atoms with E-state index in [1.807, 2.05) is 6.07 Å². The topological polar surface area (TPSA) is 237 Å². The minimum atomic E-state index is -0.833. The van der Waals surface area contributed by atoms with Crippen LogP contribution in [-0.2, 0) is 30.5 Å². The lowest BCUT2D eigenvalue weighted by Gasteiger charge is -2.13. The highest BCUT2D eigenvalue weighted by Crippen LogP contribution is 1.96. The maximum absolute atomic E-state index is 9.00. The number of hydrogen-bond acceptors (Lipinski definition) is 8. The number of nitrogens with one attached hydrogen (secondary N) is 2. The molecule has 0 saturated carbocycles. The van der Waals surface area contributed by atoms with Gasteiger partial charge in [-0.3, -0.25) is 24.0 Å². The van der Waals surface area contributed by atoms with Crippen molar-refractivity contribution in [3.8, 4) is 0 Å². The average Bonchev–Trinajstić information content (AvgIpc) is 2.65. The van der Waals surface area contributed by atoms with Gasteiger partial charge in [0.05, 0.1) is 0 Å². The van der Waals surface area contributed by atoms with Gasteiger partial charge in [0, 0.05) is 66.8 Å². The molecule has 0 spiro atoms. The first-order chi connectivity index (χ1) is 16.0. The fraction of sp³-hybridized carbons (Fsp3) is 0.500. The molecular formula is C22H41N3O10. The summed E-state index contributed by atoms with van der Waals surface area (Å²) in [5.74, 6) is -4.17. The van der Waals surface area contributed by atoms with Crippen LogP contribution < -0.4 is 16.4 Å². The van der Waals surface area contributed by atoms with Crippen molar-refractivity contribution in [2.45, 2.75) is 54.1 Å². The lowest BCUT2D eigenvalue weighted by atomic mass is 10.2. The smallest absolute Gasteiger partial charge is 0.300 e. The third kappa shape index (κ3) is 118. The van der Waals surface area contributed by atoms with Crippen LogP contribution in [0.5, 0.6) is 0 Å². The van der Waals surface area contributed by atoms with E-state index >= 15 is 0 Å². The number of carboxylic acids is 5. The first-order valence-electron chi connectivity index (χ1n) is 10.1. The minimum absolute atomic E-state index is 0.470. The summed E-state index contributed by atoms with van der Waals surface area (Å²) < 4.78 is 0. The Balaban J connectivity index is -0.000000123. The summed E-state index contributed by atoms with van der Waals surface area (Å²) in [5, 5.41) is 43.8. The molecule has 35 heavy (non-hydrogen) atoms. The summed E-state index contributed by atoms with van der Waals surface area (Å²) >= 11 is 0. The maximum atomic E-state index is 9.00. The summed E-state index contributed by atoms with van der Waals surface area (Å²) in [6, 6.07) is 10.9. The highest BCUT2D eigenvalue weighted by Gasteiger charge is 1.98. The lowest BCUT2D eigenvalue weighted by Crippen LogP contribution is -2.38. The van der Waals surface area contributed by atoms with Crippen LogP contribution in [0.4, 0.5) is 0 Å². The SMILES string of the molecule is CC(=O)O.CC(=O)O.CC(=O)O.CC(=O)O.CC(=O)O.CC(CNCc1ccccc1)NCCN. The molecule has 1 unspecified atom stereocenters. The molecule has 0 fully saturated rings. The zero-order valence-electron chi connectivity index (χ0n) is 21.1. The Morgan fingerprint density at radius 2 is 1.06 bits per heavy atom. The first-order valence-corrected chi connectivity index (χ1v) is 10.1. The van der Waals surface area contributed by atoms with Crippen LogP contribution >= 0.6 is 0 Å². The van der Waals surface area contributed by atoms with Crippen LogP contribution in [0, 0.1) is 0 Å². The van der Waals surface area contributed by atoms with Crippen molar-refractivity contribution in [3.05, 3.63) is 35.9 Å². The number of aliphatic carboxylic acids is 5. The monoisotopic (exact) mass is 507 g/mol.